The van der Waals surface area contributed by atoms with E-state index in [4.69, 9.17) is 0 Å². The molecule has 1 aromatic rings. The molecule has 0 saturated carbocycles. The number of hydrazine groups is 1. The molecule has 0 atom stereocenters. The topological polar surface area (TPSA) is 32.3 Å². The quantitative estimate of drug-likeness (QED) is 0.726. The van der Waals surface area contributed by atoms with Crippen LogP contribution in [0.15, 0.2) is 24.3 Å². The van der Waals surface area contributed by atoms with Gasteiger partial charge in [0.1, 0.15) is 0 Å². The first kappa shape index (κ1) is 15.9. The van der Waals surface area contributed by atoms with Crippen molar-refractivity contribution in [1.29, 1.82) is 0 Å². The van der Waals surface area contributed by atoms with E-state index >= 15 is 0 Å². The average Bonchev–Trinajstić information content (AvgIpc) is 2.51. The minimum atomic E-state index is 0.123. The lowest BCUT2D eigenvalue weighted by atomic mass is 10.0. The lowest BCUT2D eigenvalue weighted by Gasteiger charge is -2.29. The van der Waals surface area contributed by atoms with Crippen LogP contribution in [0.1, 0.15) is 63.9 Å². The van der Waals surface area contributed by atoms with E-state index in [1.54, 1.807) is 0 Å². The van der Waals surface area contributed by atoms with Crippen molar-refractivity contribution in [2.45, 2.75) is 64.7 Å². The molecule has 1 aliphatic rings. The number of carbonyl (C=O) groups is 1. The Morgan fingerprint density at radius 3 is 2.48 bits per heavy atom. The normalized spacial score (nSPS) is 15.1. The summed E-state index contributed by atoms with van der Waals surface area (Å²) in [5.74, 6) is 0.123. The van der Waals surface area contributed by atoms with E-state index in [1.807, 2.05) is 5.01 Å². The molecular formula is C18H28N2O. The fraction of sp³-hybridized carbons (Fsp3) is 0.611. The molecule has 0 unspecified atom stereocenters. The van der Waals surface area contributed by atoms with E-state index < -0.39 is 0 Å². The Kier molecular flexibility index (Phi) is 6.58. The van der Waals surface area contributed by atoms with Gasteiger partial charge in [-0.2, -0.15) is 0 Å². The van der Waals surface area contributed by atoms with Crippen LogP contribution in [-0.4, -0.2) is 12.5 Å². The maximum Gasteiger partial charge on any atom is 0.238 e. The SMILES string of the molecule is CCCCCCCCc1ccc(N2CCCC(=O)N2)cc1. The van der Waals surface area contributed by atoms with Crippen molar-refractivity contribution in [2.75, 3.05) is 11.6 Å². The van der Waals surface area contributed by atoms with Crippen LogP contribution in [0.5, 0.6) is 0 Å². The molecule has 116 valence electrons. The van der Waals surface area contributed by atoms with E-state index in [2.05, 4.69) is 36.6 Å². The molecule has 0 bridgehead atoms. The maximum absolute atomic E-state index is 11.4. The van der Waals surface area contributed by atoms with Gasteiger partial charge in [0.2, 0.25) is 5.91 Å². The lowest BCUT2D eigenvalue weighted by molar-refractivity contribution is -0.122. The molecule has 21 heavy (non-hydrogen) atoms. The number of benzene rings is 1. The van der Waals surface area contributed by atoms with Gasteiger partial charge in [-0.25, -0.2) is 0 Å². The van der Waals surface area contributed by atoms with Gasteiger partial charge in [0.25, 0.3) is 0 Å². The molecule has 2 rings (SSSR count). The second-order valence-electron chi connectivity index (χ2n) is 5.97. The number of amides is 1. The zero-order chi connectivity index (χ0) is 14.9. The first-order valence-electron chi connectivity index (χ1n) is 8.45. The summed E-state index contributed by atoms with van der Waals surface area (Å²) in [5.41, 5.74) is 5.41. The largest absolute Gasteiger partial charge is 0.286 e. The van der Waals surface area contributed by atoms with Crippen molar-refractivity contribution < 1.29 is 4.79 Å². The minimum Gasteiger partial charge on any atom is -0.286 e. The van der Waals surface area contributed by atoms with Gasteiger partial charge < -0.3 is 0 Å². The summed E-state index contributed by atoms with van der Waals surface area (Å²) in [6, 6.07) is 8.64. The Morgan fingerprint density at radius 1 is 1.05 bits per heavy atom. The Morgan fingerprint density at radius 2 is 1.76 bits per heavy atom. The van der Waals surface area contributed by atoms with Crippen LogP contribution in [0, 0.1) is 0 Å². The molecule has 1 heterocycles. The molecule has 1 aromatic carbocycles. The fourth-order valence-corrected chi connectivity index (χ4v) is 2.81. The van der Waals surface area contributed by atoms with Gasteiger partial charge in [-0.05, 0) is 37.0 Å². The smallest absolute Gasteiger partial charge is 0.238 e. The van der Waals surface area contributed by atoms with Gasteiger partial charge >= 0.3 is 0 Å². The summed E-state index contributed by atoms with van der Waals surface area (Å²) in [6.45, 7) is 3.16. The molecule has 1 N–H and O–H groups in total. The second kappa shape index (κ2) is 8.71. The number of unbranched alkanes of at least 4 members (excludes halogenated alkanes) is 5. The van der Waals surface area contributed by atoms with E-state index in [9.17, 15) is 4.79 Å². The number of carbonyl (C=O) groups excluding carboxylic acids is 1. The number of aryl methyl sites for hydroxylation is 1. The Labute approximate surface area is 128 Å². The van der Waals surface area contributed by atoms with Crippen LogP contribution in [0.4, 0.5) is 5.69 Å². The monoisotopic (exact) mass is 288 g/mol. The van der Waals surface area contributed by atoms with Crippen LogP contribution >= 0.6 is 0 Å². The fourth-order valence-electron chi connectivity index (χ4n) is 2.81. The van der Waals surface area contributed by atoms with Gasteiger partial charge in [-0.1, -0.05) is 51.2 Å². The average molecular weight is 288 g/mol. The number of hydrogen-bond donors (Lipinski definition) is 1. The van der Waals surface area contributed by atoms with E-state index in [1.165, 1.54) is 50.5 Å². The molecule has 1 aliphatic heterocycles. The number of hydrogen-bond acceptors (Lipinski definition) is 2. The standard InChI is InChI=1S/C18H28N2O/c1-2-3-4-5-6-7-9-16-11-13-17(14-12-16)20-15-8-10-18(21)19-20/h11-14H,2-10,15H2,1H3,(H,19,21). The van der Waals surface area contributed by atoms with Gasteiger partial charge in [0, 0.05) is 13.0 Å². The zero-order valence-electron chi connectivity index (χ0n) is 13.2. The van der Waals surface area contributed by atoms with Crippen molar-refractivity contribution in [1.82, 2.24) is 5.43 Å². The van der Waals surface area contributed by atoms with Crippen molar-refractivity contribution in [3.05, 3.63) is 29.8 Å². The summed E-state index contributed by atoms with van der Waals surface area (Å²) < 4.78 is 0. The molecule has 0 radical (unpaired) electrons. The molecule has 0 aromatic heterocycles. The summed E-state index contributed by atoms with van der Waals surface area (Å²) in [4.78, 5) is 11.4. The Balaban J connectivity index is 1.72. The third-order valence-corrected chi connectivity index (χ3v) is 4.11. The number of nitrogens with one attached hydrogen (secondary N) is 1. The third kappa shape index (κ3) is 5.41. The molecular weight excluding hydrogens is 260 g/mol. The highest BCUT2D eigenvalue weighted by Gasteiger charge is 2.15. The van der Waals surface area contributed by atoms with Crippen LogP contribution in [0.2, 0.25) is 0 Å². The molecule has 0 aliphatic carbocycles. The second-order valence-corrected chi connectivity index (χ2v) is 5.97. The first-order chi connectivity index (χ1) is 10.3. The van der Waals surface area contributed by atoms with Crippen LogP contribution < -0.4 is 10.4 Å². The van der Waals surface area contributed by atoms with Crippen LogP contribution in [-0.2, 0) is 11.2 Å². The third-order valence-electron chi connectivity index (χ3n) is 4.11. The van der Waals surface area contributed by atoms with Crippen LogP contribution in [0.3, 0.4) is 0 Å². The highest BCUT2D eigenvalue weighted by Crippen LogP contribution is 2.18. The van der Waals surface area contributed by atoms with Gasteiger partial charge in [0.15, 0.2) is 0 Å². The molecule has 3 nitrogen and oxygen atoms in total. The number of nitrogens with zero attached hydrogens (tertiary/aromatic N) is 1. The van der Waals surface area contributed by atoms with Crippen molar-refractivity contribution in [3.63, 3.8) is 0 Å². The number of rotatable bonds is 8. The predicted molar refractivity (Wildman–Crippen MR) is 88.2 cm³/mol. The van der Waals surface area contributed by atoms with Gasteiger partial charge in [-0.15, -0.1) is 0 Å². The molecule has 0 spiro atoms. The molecule has 1 amide bonds. The Bertz CT molecular complexity index is 427. The number of anilines is 1. The van der Waals surface area contributed by atoms with Gasteiger partial charge in [0.05, 0.1) is 5.69 Å². The predicted octanol–water partition coefficient (Wildman–Crippen LogP) is 4.22. The van der Waals surface area contributed by atoms with E-state index in [0.29, 0.717) is 6.42 Å². The van der Waals surface area contributed by atoms with Crippen molar-refractivity contribution in [3.8, 4) is 0 Å². The minimum absolute atomic E-state index is 0.123. The summed E-state index contributed by atoms with van der Waals surface area (Å²) in [7, 11) is 0. The summed E-state index contributed by atoms with van der Waals surface area (Å²) in [5, 5.41) is 1.96. The maximum atomic E-state index is 11.4. The summed E-state index contributed by atoms with van der Waals surface area (Å²) >= 11 is 0. The molecule has 1 saturated heterocycles. The lowest BCUT2D eigenvalue weighted by Crippen LogP contribution is -2.46. The van der Waals surface area contributed by atoms with E-state index in [-0.39, 0.29) is 5.91 Å². The van der Waals surface area contributed by atoms with E-state index in [0.717, 1.165) is 18.7 Å². The van der Waals surface area contributed by atoms with Crippen LogP contribution in [0.25, 0.3) is 0 Å². The highest BCUT2D eigenvalue weighted by molar-refractivity contribution is 5.79. The highest BCUT2D eigenvalue weighted by atomic mass is 16.2. The molecule has 1 fully saturated rings. The summed E-state index contributed by atoms with van der Waals surface area (Å²) in [6.07, 6.45) is 10.8. The zero-order valence-corrected chi connectivity index (χ0v) is 13.2. The van der Waals surface area contributed by atoms with Gasteiger partial charge in [-0.3, -0.25) is 15.2 Å². The molecule has 3 heteroatoms. The van der Waals surface area contributed by atoms with Crippen molar-refractivity contribution in [2.24, 2.45) is 0 Å². The first-order valence-corrected chi connectivity index (χ1v) is 8.45. The van der Waals surface area contributed by atoms with Crippen molar-refractivity contribution >= 4 is 11.6 Å². The Hall–Kier alpha value is -1.51.